The summed E-state index contributed by atoms with van der Waals surface area (Å²) in [4.78, 5) is 9.01. The number of rotatable bonds is 5. The van der Waals surface area contributed by atoms with Crippen molar-refractivity contribution >= 4 is 10.9 Å². The molecule has 0 amide bonds. The number of pyridine rings is 2. The zero-order valence-electron chi connectivity index (χ0n) is 12.2. The van der Waals surface area contributed by atoms with Crippen LogP contribution < -0.4 is 5.32 Å². The molecule has 0 fully saturated rings. The van der Waals surface area contributed by atoms with Crippen molar-refractivity contribution in [1.82, 2.24) is 15.3 Å². The van der Waals surface area contributed by atoms with E-state index in [2.05, 4.69) is 52.5 Å². The van der Waals surface area contributed by atoms with Gasteiger partial charge < -0.3 is 5.32 Å². The highest BCUT2D eigenvalue weighted by atomic mass is 14.9. The minimum atomic E-state index is 0.225. The van der Waals surface area contributed by atoms with Crippen molar-refractivity contribution in [1.29, 1.82) is 0 Å². The van der Waals surface area contributed by atoms with Crippen LogP contribution in [0.25, 0.3) is 10.9 Å². The Hall–Kier alpha value is -2.26. The van der Waals surface area contributed by atoms with E-state index >= 15 is 0 Å². The van der Waals surface area contributed by atoms with Crippen LogP contribution in [0.2, 0.25) is 0 Å². The first-order chi connectivity index (χ1) is 10.4. The van der Waals surface area contributed by atoms with Crippen molar-refractivity contribution in [2.24, 2.45) is 0 Å². The molecule has 3 aromatic rings. The number of nitrogens with one attached hydrogen (secondary N) is 1. The summed E-state index contributed by atoms with van der Waals surface area (Å²) < 4.78 is 0. The summed E-state index contributed by atoms with van der Waals surface area (Å²) in [6, 6.07) is 16.7. The maximum atomic E-state index is 4.57. The van der Waals surface area contributed by atoms with E-state index < -0.39 is 0 Å². The molecule has 0 aliphatic rings. The van der Waals surface area contributed by atoms with Gasteiger partial charge >= 0.3 is 0 Å². The van der Waals surface area contributed by atoms with Crippen LogP contribution in [0.3, 0.4) is 0 Å². The summed E-state index contributed by atoms with van der Waals surface area (Å²) >= 11 is 0. The third-order valence-electron chi connectivity index (χ3n) is 3.63. The summed E-state index contributed by atoms with van der Waals surface area (Å²) in [5.74, 6) is 0. The zero-order valence-corrected chi connectivity index (χ0v) is 12.2. The van der Waals surface area contributed by atoms with Crippen LogP contribution in [-0.2, 0) is 6.42 Å². The molecule has 3 heteroatoms. The van der Waals surface area contributed by atoms with Gasteiger partial charge in [0.1, 0.15) is 0 Å². The summed E-state index contributed by atoms with van der Waals surface area (Å²) in [6.45, 7) is 3.05. The number of likely N-dealkylation sites (N-methyl/N-ethyl adjacent to an activating group) is 1. The molecule has 0 saturated heterocycles. The van der Waals surface area contributed by atoms with E-state index in [-0.39, 0.29) is 6.04 Å². The van der Waals surface area contributed by atoms with Gasteiger partial charge in [0.25, 0.3) is 0 Å². The molecule has 0 bridgehead atoms. The Kier molecular flexibility index (Phi) is 4.22. The number of benzene rings is 1. The minimum absolute atomic E-state index is 0.225. The highest BCUT2D eigenvalue weighted by Crippen LogP contribution is 2.24. The summed E-state index contributed by atoms with van der Waals surface area (Å²) in [6.07, 6.45) is 4.57. The van der Waals surface area contributed by atoms with Crippen LogP contribution >= 0.6 is 0 Å². The van der Waals surface area contributed by atoms with E-state index in [0.717, 1.165) is 24.2 Å². The standard InChI is InChI=1S/C18H19N3/c1-2-19-17(13-15-9-3-4-11-20-15)16-10-5-7-14-8-6-12-21-18(14)16/h3-12,17,19H,2,13H2,1H3. The first-order valence-electron chi connectivity index (χ1n) is 7.35. The van der Waals surface area contributed by atoms with Crippen molar-refractivity contribution in [2.45, 2.75) is 19.4 Å². The molecule has 1 N–H and O–H groups in total. The Bertz CT molecular complexity index is 704. The molecule has 0 aliphatic heterocycles. The molecule has 0 aliphatic carbocycles. The van der Waals surface area contributed by atoms with Gasteiger partial charge in [-0.25, -0.2) is 0 Å². The molecule has 1 unspecified atom stereocenters. The number of fused-ring (bicyclic) bond motifs is 1. The lowest BCUT2D eigenvalue weighted by Crippen LogP contribution is -2.23. The van der Waals surface area contributed by atoms with Gasteiger partial charge in [-0.15, -0.1) is 0 Å². The van der Waals surface area contributed by atoms with E-state index in [1.807, 2.05) is 30.6 Å². The molecule has 106 valence electrons. The fraction of sp³-hybridized carbons (Fsp3) is 0.222. The van der Waals surface area contributed by atoms with Crippen LogP contribution in [-0.4, -0.2) is 16.5 Å². The number of nitrogens with zero attached hydrogens (tertiary/aromatic N) is 2. The highest BCUT2D eigenvalue weighted by molar-refractivity contribution is 5.82. The molecule has 3 nitrogen and oxygen atoms in total. The summed E-state index contributed by atoms with van der Waals surface area (Å²) in [5.41, 5.74) is 3.40. The molecule has 3 rings (SSSR count). The average Bonchev–Trinajstić information content (AvgIpc) is 2.55. The number of hydrogen-bond acceptors (Lipinski definition) is 3. The maximum absolute atomic E-state index is 4.57. The van der Waals surface area contributed by atoms with Gasteiger partial charge in [0.2, 0.25) is 0 Å². The van der Waals surface area contributed by atoms with Crippen molar-refractivity contribution in [3.63, 3.8) is 0 Å². The Balaban J connectivity index is 1.99. The van der Waals surface area contributed by atoms with E-state index in [0.29, 0.717) is 0 Å². The molecule has 1 atom stereocenters. The van der Waals surface area contributed by atoms with Gasteiger partial charge in [-0.1, -0.05) is 37.3 Å². The Morgan fingerprint density at radius 3 is 2.62 bits per heavy atom. The molecule has 0 spiro atoms. The van der Waals surface area contributed by atoms with Gasteiger partial charge in [0.15, 0.2) is 0 Å². The molecule has 1 aromatic carbocycles. The highest BCUT2D eigenvalue weighted by Gasteiger charge is 2.15. The lowest BCUT2D eigenvalue weighted by atomic mass is 9.98. The van der Waals surface area contributed by atoms with Crippen LogP contribution in [0.4, 0.5) is 0 Å². The first-order valence-corrected chi connectivity index (χ1v) is 7.35. The SMILES string of the molecule is CCNC(Cc1ccccn1)c1cccc2cccnc12. The number of aromatic nitrogens is 2. The lowest BCUT2D eigenvalue weighted by Gasteiger charge is -2.19. The van der Waals surface area contributed by atoms with Gasteiger partial charge in [-0.05, 0) is 30.3 Å². The second-order valence-electron chi connectivity index (χ2n) is 5.06. The fourth-order valence-corrected chi connectivity index (χ4v) is 2.68. The van der Waals surface area contributed by atoms with Crippen molar-refractivity contribution < 1.29 is 0 Å². The normalized spacial score (nSPS) is 12.4. The van der Waals surface area contributed by atoms with Crippen LogP contribution in [0.1, 0.15) is 24.2 Å². The van der Waals surface area contributed by atoms with Gasteiger partial charge in [-0.2, -0.15) is 0 Å². The zero-order chi connectivity index (χ0) is 14.5. The molecule has 2 aromatic heterocycles. The van der Waals surface area contributed by atoms with Crippen molar-refractivity contribution in [2.75, 3.05) is 6.54 Å². The monoisotopic (exact) mass is 277 g/mol. The molecule has 0 radical (unpaired) electrons. The molecule has 2 heterocycles. The topological polar surface area (TPSA) is 37.8 Å². The van der Waals surface area contributed by atoms with Gasteiger partial charge in [0.05, 0.1) is 5.52 Å². The van der Waals surface area contributed by atoms with Crippen LogP contribution in [0.5, 0.6) is 0 Å². The molecular weight excluding hydrogens is 258 g/mol. The smallest absolute Gasteiger partial charge is 0.0749 e. The van der Waals surface area contributed by atoms with Crippen LogP contribution in [0, 0.1) is 0 Å². The van der Waals surface area contributed by atoms with E-state index in [1.165, 1.54) is 10.9 Å². The Morgan fingerprint density at radius 1 is 0.952 bits per heavy atom. The van der Waals surface area contributed by atoms with E-state index in [4.69, 9.17) is 0 Å². The van der Waals surface area contributed by atoms with Gasteiger partial charge in [0, 0.05) is 35.9 Å². The summed E-state index contributed by atoms with van der Waals surface area (Å²) in [7, 11) is 0. The predicted octanol–water partition coefficient (Wildman–Crippen LogP) is 3.52. The minimum Gasteiger partial charge on any atom is -0.310 e. The Labute approximate surface area is 125 Å². The lowest BCUT2D eigenvalue weighted by molar-refractivity contribution is 0.547. The Morgan fingerprint density at radius 2 is 1.81 bits per heavy atom. The van der Waals surface area contributed by atoms with Crippen molar-refractivity contribution in [3.05, 3.63) is 72.2 Å². The first kappa shape index (κ1) is 13.7. The molecule has 0 saturated carbocycles. The largest absolute Gasteiger partial charge is 0.310 e. The molecule has 21 heavy (non-hydrogen) atoms. The maximum Gasteiger partial charge on any atom is 0.0749 e. The predicted molar refractivity (Wildman–Crippen MR) is 86.1 cm³/mol. The second kappa shape index (κ2) is 6.46. The fourth-order valence-electron chi connectivity index (χ4n) is 2.68. The third-order valence-corrected chi connectivity index (χ3v) is 3.63. The number of hydrogen-bond donors (Lipinski definition) is 1. The van der Waals surface area contributed by atoms with Crippen molar-refractivity contribution in [3.8, 4) is 0 Å². The average molecular weight is 277 g/mol. The third kappa shape index (κ3) is 3.09. The van der Waals surface area contributed by atoms with E-state index in [1.54, 1.807) is 0 Å². The van der Waals surface area contributed by atoms with Gasteiger partial charge in [-0.3, -0.25) is 9.97 Å². The quantitative estimate of drug-likeness (QED) is 0.775. The molecular formula is C18H19N3. The summed E-state index contributed by atoms with van der Waals surface area (Å²) in [5, 5.41) is 4.74. The second-order valence-corrected chi connectivity index (χ2v) is 5.06. The number of para-hydroxylation sites is 1. The van der Waals surface area contributed by atoms with Crippen LogP contribution in [0.15, 0.2) is 60.9 Å². The van der Waals surface area contributed by atoms with E-state index in [9.17, 15) is 0 Å².